The molecule has 0 radical (unpaired) electrons. The summed E-state index contributed by atoms with van der Waals surface area (Å²) in [6.45, 7) is 2.12. The molecular weight excluding hydrogens is 396 g/mol. The molecule has 1 amide bonds. The summed E-state index contributed by atoms with van der Waals surface area (Å²) in [6, 6.07) is 16.3. The monoisotopic (exact) mass is 422 g/mol. The van der Waals surface area contributed by atoms with Gasteiger partial charge < -0.3 is 19.7 Å². The highest BCUT2D eigenvalue weighted by Crippen LogP contribution is 2.25. The Bertz CT molecular complexity index is 1090. The predicted octanol–water partition coefficient (Wildman–Crippen LogP) is 2.84. The van der Waals surface area contributed by atoms with Crippen LogP contribution in [0.4, 0.5) is 11.6 Å². The summed E-state index contributed by atoms with van der Waals surface area (Å²) in [4.78, 5) is 31.8. The Morgan fingerprint density at radius 2 is 1.71 bits per heavy atom. The average Bonchev–Trinajstić information content (AvgIpc) is 2.75. The average molecular weight is 422 g/mol. The number of aromatic nitrogens is 2. The van der Waals surface area contributed by atoms with Crippen LogP contribution in [0.25, 0.3) is 0 Å². The van der Waals surface area contributed by atoms with Gasteiger partial charge in [-0.05, 0) is 12.5 Å². The van der Waals surface area contributed by atoms with E-state index in [2.05, 4.69) is 10.3 Å². The van der Waals surface area contributed by atoms with Crippen molar-refractivity contribution in [1.82, 2.24) is 9.55 Å². The van der Waals surface area contributed by atoms with Crippen LogP contribution in [0, 0.1) is 6.92 Å². The van der Waals surface area contributed by atoms with Gasteiger partial charge >= 0.3 is 0 Å². The first-order valence-electron chi connectivity index (χ1n) is 9.76. The fourth-order valence-electron chi connectivity index (χ4n) is 3.20. The molecule has 0 aliphatic carbocycles. The second kappa shape index (κ2) is 9.80. The van der Waals surface area contributed by atoms with Crippen molar-refractivity contribution in [3.8, 4) is 11.5 Å². The lowest BCUT2D eigenvalue weighted by molar-refractivity contribution is -0.116. The number of methoxy groups -OCH3 is 2. The number of anilines is 2. The topological polar surface area (TPSA) is 85.7 Å². The van der Waals surface area contributed by atoms with Crippen LogP contribution in [0.2, 0.25) is 0 Å². The molecule has 31 heavy (non-hydrogen) atoms. The highest BCUT2D eigenvalue weighted by Gasteiger charge is 2.16. The molecular formula is C23H26N4O4. The Morgan fingerprint density at radius 3 is 2.32 bits per heavy atom. The van der Waals surface area contributed by atoms with Crippen molar-refractivity contribution < 1.29 is 14.3 Å². The van der Waals surface area contributed by atoms with E-state index in [-0.39, 0.29) is 18.0 Å². The van der Waals surface area contributed by atoms with Gasteiger partial charge in [0.1, 0.15) is 18.0 Å². The van der Waals surface area contributed by atoms with Crippen molar-refractivity contribution in [2.75, 3.05) is 31.5 Å². The number of carbonyl (C=O) groups is 1. The minimum Gasteiger partial charge on any atom is -0.497 e. The molecule has 0 saturated heterocycles. The van der Waals surface area contributed by atoms with Gasteiger partial charge in [-0.3, -0.25) is 14.2 Å². The van der Waals surface area contributed by atoms with Crippen LogP contribution in [0.5, 0.6) is 11.5 Å². The van der Waals surface area contributed by atoms with Gasteiger partial charge in [0.15, 0.2) is 0 Å². The standard InChI is InChI=1S/C23H26N4O4/c1-16-10-22(29)27(23(24-16)26(2)14-17-8-6-5-7-9-17)15-21(28)25-18-11-19(30-3)13-20(12-18)31-4/h5-13H,14-15H2,1-4H3,(H,25,28). The molecule has 8 nitrogen and oxygen atoms in total. The number of hydrogen-bond donors (Lipinski definition) is 1. The van der Waals surface area contributed by atoms with Crippen molar-refractivity contribution in [2.45, 2.75) is 20.0 Å². The van der Waals surface area contributed by atoms with Crippen LogP contribution < -0.4 is 25.2 Å². The van der Waals surface area contributed by atoms with Crippen molar-refractivity contribution in [2.24, 2.45) is 0 Å². The van der Waals surface area contributed by atoms with E-state index in [1.807, 2.05) is 42.3 Å². The molecule has 1 aromatic heterocycles. The fraction of sp³-hybridized carbons (Fsp3) is 0.261. The highest BCUT2D eigenvalue weighted by molar-refractivity contribution is 5.91. The molecule has 0 bridgehead atoms. The van der Waals surface area contributed by atoms with Gasteiger partial charge in [0.2, 0.25) is 11.9 Å². The summed E-state index contributed by atoms with van der Waals surface area (Å²) in [5, 5.41) is 2.79. The smallest absolute Gasteiger partial charge is 0.255 e. The largest absolute Gasteiger partial charge is 0.497 e. The number of carbonyl (C=O) groups excluding carboxylic acids is 1. The quantitative estimate of drug-likeness (QED) is 0.601. The molecule has 0 spiro atoms. The maximum absolute atomic E-state index is 12.8. The van der Waals surface area contributed by atoms with Gasteiger partial charge in [-0.1, -0.05) is 30.3 Å². The van der Waals surface area contributed by atoms with Gasteiger partial charge in [0.25, 0.3) is 5.56 Å². The zero-order chi connectivity index (χ0) is 22.4. The molecule has 0 unspecified atom stereocenters. The number of hydrogen-bond acceptors (Lipinski definition) is 6. The number of ether oxygens (including phenoxy) is 2. The van der Waals surface area contributed by atoms with Crippen molar-refractivity contribution in [1.29, 1.82) is 0 Å². The third kappa shape index (κ3) is 5.63. The highest BCUT2D eigenvalue weighted by atomic mass is 16.5. The molecule has 0 atom stereocenters. The minimum atomic E-state index is -0.363. The number of nitrogens with one attached hydrogen (secondary N) is 1. The molecule has 0 aliphatic heterocycles. The molecule has 1 heterocycles. The van der Waals surface area contributed by atoms with E-state index in [1.54, 1.807) is 25.1 Å². The van der Waals surface area contributed by atoms with Crippen LogP contribution in [0.3, 0.4) is 0 Å². The van der Waals surface area contributed by atoms with Gasteiger partial charge in [0, 0.05) is 49.2 Å². The Labute approximate surface area is 181 Å². The first kappa shape index (κ1) is 21.9. The number of aryl methyl sites for hydroxylation is 1. The summed E-state index contributed by atoms with van der Waals surface area (Å²) in [7, 11) is 4.91. The van der Waals surface area contributed by atoms with Crippen LogP contribution in [0.1, 0.15) is 11.3 Å². The lowest BCUT2D eigenvalue weighted by atomic mass is 10.2. The number of amides is 1. The number of rotatable bonds is 8. The molecule has 8 heteroatoms. The Kier molecular flexibility index (Phi) is 6.92. The molecule has 3 aromatic rings. The lowest BCUT2D eigenvalue weighted by Crippen LogP contribution is -2.34. The van der Waals surface area contributed by atoms with E-state index in [9.17, 15) is 9.59 Å². The van der Waals surface area contributed by atoms with E-state index in [0.717, 1.165) is 5.56 Å². The zero-order valence-electron chi connectivity index (χ0n) is 18.1. The SMILES string of the molecule is COc1cc(NC(=O)Cn2c(N(C)Cc3ccccc3)nc(C)cc2=O)cc(OC)c1. The van der Waals surface area contributed by atoms with Crippen LogP contribution in [-0.2, 0) is 17.9 Å². The van der Waals surface area contributed by atoms with Crippen LogP contribution >= 0.6 is 0 Å². The van der Waals surface area contributed by atoms with Gasteiger partial charge in [-0.25, -0.2) is 4.98 Å². The summed E-state index contributed by atoms with van der Waals surface area (Å²) in [5.41, 5.74) is 1.88. The molecule has 2 aromatic carbocycles. The van der Waals surface area contributed by atoms with Gasteiger partial charge in [-0.15, -0.1) is 0 Å². The van der Waals surface area contributed by atoms with E-state index in [0.29, 0.717) is 35.4 Å². The third-order valence-electron chi connectivity index (χ3n) is 4.66. The first-order chi connectivity index (χ1) is 14.9. The number of benzene rings is 2. The normalized spacial score (nSPS) is 10.5. The molecule has 162 valence electrons. The molecule has 1 N–H and O–H groups in total. The van der Waals surface area contributed by atoms with Crippen LogP contribution in [-0.4, -0.2) is 36.7 Å². The van der Waals surface area contributed by atoms with Gasteiger partial charge in [-0.2, -0.15) is 0 Å². The summed E-state index contributed by atoms with van der Waals surface area (Å²) < 4.78 is 11.8. The number of nitrogens with zero attached hydrogens (tertiary/aromatic N) is 3. The Morgan fingerprint density at radius 1 is 1.06 bits per heavy atom. The van der Waals surface area contributed by atoms with Crippen LogP contribution in [0.15, 0.2) is 59.4 Å². The van der Waals surface area contributed by atoms with Crippen molar-refractivity contribution >= 4 is 17.5 Å². The summed E-state index contributed by atoms with van der Waals surface area (Å²) in [6.07, 6.45) is 0. The fourth-order valence-corrected chi connectivity index (χ4v) is 3.20. The Hall–Kier alpha value is -3.81. The molecule has 0 fully saturated rings. The van der Waals surface area contributed by atoms with Gasteiger partial charge in [0.05, 0.1) is 14.2 Å². The molecule has 0 aliphatic rings. The van der Waals surface area contributed by atoms with Crippen molar-refractivity contribution in [3.63, 3.8) is 0 Å². The molecule has 3 rings (SSSR count). The summed E-state index contributed by atoms with van der Waals surface area (Å²) in [5.74, 6) is 1.16. The Balaban J connectivity index is 1.84. The van der Waals surface area contributed by atoms with E-state index in [4.69, 9.17) is 9.47 Å². The zero-order valence-corrected chi connectivity index (χ0v) is 18.1. The third-order valence-corrected chi connectivity index (χ3v) is 4.66. The summed E-state index contributed by atoms with van der Waals surface area (Å²) >= 11 is 0. The molecule has 0 saturated carbocycles. The second-order valence-corrected chi connectivity index (χ2v) is 7.11. The van der Waals surface area contributed by atoms with E-state index >= 15 is 0 Å². The first-order valence-corrected chi connectivity index (χ1v) is 9.76. The maximum atomic E-state index is 12.8. The minimum absolute atomic E-state index is 0.180. The second-order valence-electron chi connectivity index (χ2n) is 7.11. The van der Waals surface area contributed by atoms with E-state index < -0.39 is 0 Å². The predicted molar refractivity (Wildman–Crippen MR) is 120 cm³/mol. The maximum Gasteiger partial charge on any atom is 0.255 e. The van der Waals surface area contributed by atoms with Crippen molar-refractivity contribution in [3.05, 3.63) is 76.2 Å². The van der Waals surface area contributed by atoms with E-state index in [1.165, 1.54) is 24.9 Å². The lowest BCUT2D eigenvalue weighted by Gasteiger charge is -2.22.